The SMILES string of the molecule is COCCOCCOCCO.O=C(O)/C=C/c1ccc(-c2nc3c([nH]2)c(=O)n(CC2CCCCC2)c(=O)n3CC2CCCCC2)cc1. The molecule has 2 heterocycles. The number of carboxylic acids is 1. The first-order valence-electron chi connectivity index (χ1n) is 16.9. The van der Waals surface area contributed by atoms with Crippen molar-refractivity contribution >= 4 is 23.2 Å². The maximum absolute atomic E-state index is 13.7. The van der Waals surface area contributed by atoms with Crippen molar-refractivity contribution in [1.82, 2.24) is 19.1 Å². The average molecular weight is 655 g/mol. The van der Waals surface area contributed by atoms with Gasteiger partial charge in [0.25, 0.3) is 5.56 Å². The second kappa shape index (κ2) is 19.3. The highest BCUT2D eigenvalue weighted by Crippen LogP contribution is 2.27. The summed E-state index contributed by atoms with van der Waals surface area (Å²) in [4.78, 5) is 46.0. The number of nitrogens with one attached hydrogen (secondary N) is 1. The van der Waals surface area contributed by atoms with Gasteiger partial charge < -0.3 is 29.4 Å². The van der Waals surface area contributed by atoms with E-state index in [1.807, 2.05) is 12.1 Å². The molecule has 0 bridgehead atoms. The number of rotatable bonds is 15. The molecule has 0 atom stereocenters. The lowest BCUT2D eigenvalue weighted by Gasteiger charge is -2.24. The first-order chi connectivity index (χ1) is 22.9. The minimum atomic E-state index is -1.00. The van der Waals surface area contributed by atoms with Crippen LogP contribution < -0.4 is 11.2 Å². The predicted molar refractivity (Wildman–Crippen MR) is 180 cm³/mol. The Morgan fingerprint density at radius 1 is 0.872 bits per heavy atom. The zero-order chi connectivity index (χ0) is 33.4. The number of ether oxygens (including phenoxy) is 3. The van der Waals surface area contributed by atoms with Crippen molar-refractivity contribution in [3.05, 3.63) is 56.7 Å². The highest BCUT2D eigenvalue weighted by Gasteiger charge is 2.24. The summed E-state index contributed by atoms with van der Waals surface area (Å²) in [5.41, 5.74) is 1.80. The van der Waals surface area contributed by atoms with Gasteiger partial charge in [0.05, 0.1) is 39.6 Å². The third-order valence-corrected chi connectivity index (χ3v) is 8.83. The summed E-state index contributed by atoms with van der Waals surface area (Å²) in [6.07, 6.45) is 14.1. The number of nitrogens with zero attached hydrogens (tertiary/aromatic N) is 3. The van der Waals surface area contributed by atoms with Gasteiger partial charge in [0.15, 0.2) is 5.65 Å². The van der Waals surface area contributed by atoms with Gasteiger partial charge in [0.2, 0.25) is 0 Å². The van der Waals surface area contributed by atoms with Crippen molar-refractivity contribution in [1.29, 1.82) is 0 Å². The van der Waals surface area contributed by atoms with E-state index in [4.69, 9.17) is 29.4 Å². The summed E-state index contributed by atoms with van der Waals surface area (Å²) in [6.45, 7) is 3.80. The van der Waals surface area contributed by atoms with Crippen LogP contribution >= 0.6 is 0 Å². The molecule has 3 aromatic rings. The maximum atomic E-state index is 13.7. The van der Waals surface area contributed by atoms with Crippen LogP contribution in [0.2, 0.25) is 0 Å². The van der Waals surface area contributed by atoms with Crippen LogP contribution in [0.4, 0.5) is 0 Å². The molecule has 2 fully saturated rings. The van der Waals surface area contributed by atoms with E-state index in [0.29, 0.717) is 74.9 Å². The molecule has 0 spiro atoms. The molecule has 0 aliphatic heterocycles. The molecule has 2 aromatic heterocycles. The van der Waals surface area contributed by atoms with Crippen LogP contribution in [0.5, 0.6) is 0 Å². The molecule has 3 N–H and O–H groups in total. The summed E-state index contributed by atoms with van der Waals surface area (Å²) in [5, 5.41) is 17.2. The first-order valence-corrected chi connectivity index (χ1v) is 16.9. The number of carboxylic acid groups (broad SMARTS) is 1. The Hall–Kier alpha value is -3.58. The zero-order valence-corrected chi connectivity index (χ0v) is 27.5. The van der Waals surface area contributed by atoms with Crippen LogP contribution in [0.3, 0.4) is 0 Å². The number of hydrogen-bond acceptors (Lipinski definition) is 8. The van der Waals surface area contributed by atoms with Crippen molar-refractivity contribution in [2.75, 3.05) is 46.8 Å². The van der Waals surface area contributed by atoms with Gasteiger partial charge in [-0.05, 0) is 49.2 Å². The molecule has 47 heavy (non-hydrogen) atoms. The van der Waals surface area contributed by atoms with Gasteiger partial charge in [-0.1, -0.05) is 62.8 Å². The maximum Gasteiger partial charge on any atom is 0.332 e. The molecule has 2 aliphatic rings. The van der Waals surface area contributed by atoms with Crippen molar-refractivity contribution in [3.63, 3.8) is 0 Å². The number of aromatic amines is 1. The highest BCUT2D eigenvalue weighted by molar-refractivity contribution is 5.85. The smallest absolute Gasteiger partial charge is 0.332 e. The number of carbonyl (C=O) groups is 1. The van der Waals surface area contributed by atoms with Crippen LogP contribution in [0.25, 0.3) is 28.6 Å². The van der Waals surface area contributed by atoms with Crippen LogP contribution in [0, 0.1) is 11.8 Å². The highest BCUT2D eigenvalue weighted by atomic mass is 16.5. The quantitative estimate of drug-likeness (QED) is 0.159. The second-order valence-corrected chi connectivity index (χ2v) is 12.3. The van der Waals surface area contributed by atoms with Crippen LogP contribution in [-0.2, 0) is 32.1 Å². The lowest BCUT2D eigenvalue weighted by molar-refractivity contribution is -0.131. The van der Waals surface area contributed by atoms with Gasteiger partial charge in [-0.2, -0.15) is 0 Å². The van der Waals surface area contributed by atoms with E-state index in [0.717, 1.165) is 55.7 Å². The topological polar surface area (TPSA) is 158 Å². The van der Waals surface area contributed by atoms with Gasteiger partial charge in [-0.15, -0.1) is 0 Å². The fourth-order valence-electron chi connectivity index (χ4n) is 6.33. The molecule has 0 saturated heterocycles. The number of aliphatic hydroxyl groups excluding tert-OH is 1. The Morgan fingerprint density at radius 2 is 1.45 bits per heavy atom. The van der Waals surface area contributed by atoms with Gasteiger partial charge in [0.1, 0.15) is 11.3 Å². The number of hydrogen-bond donors (Lipinski definition) is 3. The first kappa shape index (κ1) is 36.3. The van der Waals surface area contributed by atoms with Crippen molar-refractivity contribution in [3.8, 4) is 11.4 Å². The normalized spacial score (nSPS) is 16.0. The van der Waals surface area contributed by atoms with Gasteiger partial charge in [-0.3, -0.25) is 13.9 Å². The molecule has 12 nitrogen and oxygen atoms in total. The lowest BCUT2D eigenvalue weighted by atomic mass is 9.89. The Bertz CT molecular complexity index is 1520. The van der Waals surface area contributed by atoms with E-state index in [9.17, 15) is 14.4 Å². The zero-order valence-electron chi connectivity index (χ0n) is 27.5. The van der Waals surface area contributed by atoms with E-state index in [1.165, 1.54) is 36.3 Å². The lowest BCUT2D eigenvalue weighted by Crippen LogP contribution is -2.42. The third kappa shape index (κ3) is 11.0. The number of aliphatic carboxylic acids is 1. The van der Waals surface area contributed by atoms with Crippen LogP contribution in [0.15, 0.2) is 39.9 Å². The number of methoxy groups -OCH3 is 1. The fourth-order valence-corrected chi connectivity index (χ4v) is 6.33. The standard InChI is InChI=1S/C28H34N4O4.C7H16O4/c33-23(34)16-13-19-11-14-22(15-12-19)25-29-24-26(30-25)31(17-20-7-3-1-4-8-20)28(36)32(27(24)35)18-21-9-5-2-6-10-21;1-9-4-5-11-7-6-10-3-2-8/h11-16,20-21H,1-10,17-18H2,(H,29,30)(H,33,34);8H,2-7H2,1H3/b16-13+;. The number of imidazole rings is 1. The second-order valence-electron chi connectivity index (χ2n) is 12.3. The molecule has 12 heteroatoms. The van der Waals surface area contributed by atoms with E-state index >= 15 is 0 Å². The molecule has 0 radical (unpaired) electrons. The Labute approximate surface area is 275 Å². The summed E-state index contributed by atoms with van der Waals surface area (Å²) in [5.74, 6) is 0.305. The Kier molecular flexibility index (Phi) is 14.9. The van der Waals surface area contributed by atoms with E-state index in [2.05, 4.69) is 4.98 Å². The van der Waals surface area contributed by atoms with E-state index in [1.54, 1.807) is 23.8 Å². The summed E-state index contributed by atoms with van der Waals surface area (Å²) in [6, 6.07) is 7.28. The van der Waals surface area contributed by atoms with Crippen LogP contribution in [-0.4, -0.2) is 82.0 Å². The minimum absolute atomic E-state index is 0.0675. The van der Waals surface area contributed by atoms with Crippen molar-refractivity contribution < 1.29 is 29.2 Å². The fraction of sp³-hybridized carbons (Fsp3) is 0.600. The molecule has 2 aliphatic carbocycles. The molecule has 0 unspecified atom stereocenters. The minimum Gasteiger partial charge on any atom is -0.478 e. The largest absolute Gasteiger partial charge is 0.478 e. The molecule has 1 aromatic carbocycles. The molecule has 258 valence electrons. The number of aliphatic hydroxyl groups is 1. The number of H-pyrrole nitrogens is 1. The summed E-state index contributed by atoms with van der Waals surface area (Å²) >= 11 is 0. The summed E-state index contributed by atoms with van der Waals surface area (Å²) < 4.78 is 18.0. The number of aromatic nitrogens is 4. The molecule has 2 saturated carbocycles. The molecular formula is C35H50N4O8. The van der Waals surface area contributed by atoms with Crippen LogP contribution in [0.1, 0.15) is 69.8 Å². The van der Waals surface area contributed by atoms with Crippen molar-refractivity contribution in [2.45, 2.75) is 77.3 Å². The molecule has 5 rings (SSSR count). The van der Waals surface area contributed by atoms with E-state index < -0.39 is 5.97 Å². The van der Waals surface area contributed by atoms with Gasteiger partial charge >= 0.3 is 11.7 Å². The predicted octanol–water partition coefficient (Wildman–Crippen LogP) is 4.47. The van der Waals surface area contributed by atoms with E-state index in [-0.39, 0.29) is 17.9 Å². The monoisotopic (exact) mass is 654 g/mol. The van der Waals surface area contributed by atoms with Gasteiger partial charge in [0, 0.05) is 31.8 Å². The Morgan fingerprint density at radius 3 is 2.02 bits per heavy atom. The summed E-state index contributed by atoms with van der Waals surface area (Å²) in [7, 11) is 1.63. The van der Waals surface area contributed by atoms with Gasteiger partial charge in [-0.25, -0.2) is 14.6 Å². The number of benzene rings is 1. The van der Waals surface area contributed by atoms with Crippen molar-refractivity contribution in [2.24, 2.45) is 11.8 Å². The third-order valence-electron chi connectivity index (χ3n) is 8.83. The Balaban J connectivity index is 0.000000391. The molecule has 0 amide bonds. The average Bonchev–Trinajstić information content (AvgIpc) is 3.54. The molecular weight excluding hydrogens is 604 g/mol. The number of fused-ring (bicyclic) bond motifs is 1.